The van der Waals surface area contributed by atoms with Crippen LogP contribution in [0.15, 0.2) is 29.4 Å². The SMILES string of the molecule is CS(=O)(=O)C(=NNC(=O)Nc1ccc(F)cc1)S(C)(=O)=O. The maximum Gasteiger partial charge on any atom is 0.339 e. The first kappa shape index (κ1) is 17.0. The minimum absolute atomic E-state index is 0.212. The molecular formula is C10H12FN3O5S2. The number of benzene rings is 1. The highest BCUT2D eigenvalue weighted by molar-refractivity contribution is 8.30. The predicted molar refractivity (Wildman–Crippen MR) is 75.7 cm³/mol. The summed E-state index contributed by atoms with van der Waals surface area (Å²) >= 11 is 0. The van der Waals surface area contributed by atoms with Gasteiger partial charge in [0.2, 0.25) is 19.7 Å². The van der Waals surface area contributed by atoms with Crippen molar-refractivity contribution in [3.8, 4) is 0 Å². The van der Waals surface area contributed by atoms with Crippen LogP contribution in [-0.4, -0.2) is 39.8 Å². The average molecular weight is 337 g/mol. The molecule has 1 aromatic rings. The molecule has 0 aromatic heterocycles. The molecule has 116 valence electrons. The van der Waals surface area contributed by atoms with E-state index in [9.17, 15) is 26.0 Å². The van der Waals surface area contributed by atoms with Gasteiger partial charge in [0.05, 0.1) is 0 Å². The van der Waals surface area contributed by atoms with Gasteiger partial charge in [0.1, 0.15) is 5.82 Å². The fourth-order valence-electron chi connectivity index (χ4n) is 1.23. The second-order valence-electron chi connectivity index (χ2n) is 3.99. The van der Waals surface area contributed by atoms with E-state index in [2.05, 4.69) is 10.4 Å². The van der Waals surface area contributed by atoms with Gasteiger partial charge in [-0.2, -0.15) is 0 Å². The third-order valence-electron chi connectivity index (χ3n) is 1.99. The van der Waals surface area contributed by atoms with Crippen LogP contribution in [0.25, 0.3) is 0 Å². The Morgan fingerprint density at radius 1 is 1.05 bits per heavy atom. The second-order valence-corrected chi connectivity index (χ2v) is 8.12. The molecule has 0 aliphatic heterocycles. The minimum atomic E-state index is -4.13. The van der Waals surface area contributed by atoms with Crippen molar-refractivity contribution in [3.05, 3.63) is 30.1 Å². The van der Waals surface area contributed by atoms with E-state index in [1.54, 1.807) is 5.43 Å². The molecule has 0 atom stereocenters. The number of rotatable bonds is 2. The van der Waals surface area contributed by atoms with Crippen LogP contribution in [0.2, 0.25) is 0 Å². The van der Waals surface area contributed by atoms with Crippen LogP contribution in [0.3, 0.4) is 0 Å². The Labute approximate surface area is 120 Å². The number of amides is 2. The Morgan fingerprint density at radius 2 is 1.52 bits per heavy atom. The van der Waals surface area contributed by atoms with Crippen molar-refractivity contribution in [3.63, 3.8) is 0 Å². The number of carbonyl (C=O) groups is 1. The van der Waals surface area contributed by atoms with Crippen LogP contribution >= 0.6 is 0 Å². The van der Waals surface area contributed by atoms with Gasteiger partial charge in [-0.05, 0) is 24.3 Å². The number of urea groups is 1. The summed E-state index contributed by atoms with van der Waals surface area (Å²) in [7, 11) is -8.25. The van der Waals surface area contributed by atoms with Crippen molar-refractivity contribution in [1.82, 2.24) is 5.43 Å². The molecule has 11 heteroatoms. The van der Waals surface area contributed by atoms with Crippen LogP contribution in [0.1, 0.15) is 0 Å². The summed E-state index contributed by atoms with van der Waals surface area (Å²) in [4.78, 5) is 11.4. The Kier molecular flexibility index (Phi) is 5.01. The van der Waals surface area contributed by atoms with Crippen LogP contribution < -0.4 is 10.7 Å². The number of nitrogens with one attached hydrogen (secondary N) is 2. The van der Waals surface area contributed by atoms with Crippen molar-refractivity contribution in [2.75, 3.05) is 17.8 Å². The highest BCUT2D eigenvalue weighted by Crippen LogP contribution is 2.07. The molecule has 0 spiro atoms. The number of carbonyl (C=O) groups excluding carboxylic acids is 1. The van der Waals surface area contributed by atoms with Crippen LogP contribution in [0.4, 0.5) is 14.9 Å². The summed E-state index contributed by atoms with van der Waals surface area (Å²) in [6.45, 7) is 0. The maximum absolute atomic E-state index is 12.7. The van der Waals surface area contributed by atoms with Gasteiger partial charge in [-0.1, -0.05) is 0 Å². The monoisotopic (exact) mass is 337 g/mol. The summed E-state index contributed by atoms with van der Waals surface area (Å²) in [6, 6.07) is 3.72. The molecular weight excluding hydrogens is 325 g/mol. The fraction of sp³-hybridized carbons (Fsp3) is 0.200. The summed E-state index contributed by atoms with van der Waals surface area (Å²) in [5.41, 5.74) is 1.96. The average Bonchev–Trinajstić information content (AvgIpc) is 2.28. The predicted octanol–water partition coefficient (Wildman–Crippen LogP) is 0.307. The lowest BCUT2D eigenvalue weighted by Crippen LogP contribution is -2.30. The van der Waals surface area contributed by atoms with Crippen molar-refractivity contribution in [2.24, 2.45) is 5.10 Å². The molecule has 1 aromatic carbocycles. The Morgan fingerprint density at radius 3 is 1.95 bits per heavy atom. The lowest BCUT2D eigenvalue weighted by molar-refractivity contribution is 0.252. The Balaban J connectivity index is 2.87. The zero-order valence-electron chi connectivity index (χ0n) is 11.0. The van der Waals surface area contributed by atoms with Crippen LogP contribution in [-0.2, 0) is 19.7 Å². The first-order valence-corrected chi connectivity index (χ1v) is 9.09. The number of nitrogens with zero attached hydrogens (tertiary/aromatic N) is 1. The minimum Gasteiger partial charge on any atom is -0.307 e. The molecule has 1 rings (SSSR count). The fourth-order valence-corrected chi connectivity index (χ4v) is 3.85. The lowest BCUT2D eigenvalue weighted by atomic mass is 10.3. The number of sulfone groups is 2. The Bertz CT molecular complexity index is 735. The smallest absolute Gasteiger partial charge is 0.307 e. The highest BCUT2D eigenvalue weighted by Gasteiger charge is 2.25. The van der Waals surface area contributed by atoms with Gasteiger partial charge in [-0.3, -0.25) is 0 Å². The van der Waals surface area contributed by atoms with Gasteiger partial charge >= 0.3 is 6.03 Å². The summed E-state index contributed by atoms with van der Waals surface area (Å²) in [6.07, 6.45) is 1.29. The highest BCUT2D eigenvalue weighted by atomic mass is 32.3. The van der Waals surface area contributed by atoms with E-state index in [-0.39, 0.29) is 5.69 Å². The summed E-state index contributed by atoms with van der Waals surface area (Å²) in [5, 5.41) is 5.30. The zero-order chi connectivity index (χ0) is 16.3. The largest absolute Gasteiger partial charge is 0.339 e. The maximum atomic E-state index is 12.7. The van der Waals surface area contributed by atoms with Gasteiger partial charge in [0, 0.05) is 18.2 Å². The Hall–Kier alpha value is -2.01. The molecule has 2 N–H and O–H groups in total. The third kappa shape index (κ3) is 5.47. The van der Waals surface area contributed by atoms with Gasteiger partial charge in [-0.15, -0.1) is 5.10 Å². The number of hydrogen-bond acceptors (Lipinski definition) is 6. The van der Waals surface area contributed by atoms with Crippen LogP contribution in [0, 0.1) is 5.82 Å². The van der Waals surface area contributed by atoms with Gasteiger partial charge in [-0.25, -0.2) is 31.4 Å². The first-order valence-electron chi connectivity index (χ1n) is 5.30. The number of anilines is 1. The molecule has 0 saturated heterocycles. The van der Waals surface area contributed by atoms with Crippen molar-refractivity contribution in [2.45, 2.75) is 0 Å². The van der Waals surface area contributed by atoms with E-state index >= 15 is 0 Å². The molecule has 0 radical (unpaired) electrons. The topological polar surface area (TPSA) is 122 Å². The van der Waals surface area contributed by atoms with Crippen molar-refractivity contribution in [1.29, 1.82) is 0 Å². The summed E-state index contributed by atoms with van der Waals surface area (Å²) < 4.78 is 56.5. The molecule has 0 aliphatic rings. The van der Waals surface area contributed by atoms with E-state index < -0.39 is 35.9 Å². The molecule has 0 saturated carbocycles. The van der Waals surface area contributed by atoms with Crippen LogP contribution in [0.5, 0.6) is 0 Å². The molecule has 2 amide bonds. The lowest BCUT2D eigenvalue weighted by Gasteiger charge is -2.05. The molecule has 0 heterocycles. The molecule has 0 aliphatic carbocycles. The third-order valence-corrected chi connectivity index (χ3v) is 5.25. The van der Waals surface area contributed by atoms with Gasteiger partial charge in [0.15, 0.2) is 0 Å². The standard InChI is InChI=1S/C10H12FN3O5S2/c1-20(16,17)10(21(2,18)19)14-13-9(15)12-8-5-3-7(11)4-6-8/h3-6H,1-2H3,(H2,12,13,15). The molecule has 0 fully saturated rings. The van der Waals surface area contributed by atoms with Crippen molar-refractivity contribution >= 4 is 35.8 Å². The molecule has 0 bridgehead atoms. The van der Waals surface area contributed by atoms with E-state index in [4.69, 9.17) is 0 Å². The van der Waals surface area contributed by atoms with E-state index in [0.29, 0.717) is 12.5 Å². The summed E-state index contributed by atoms with van der Waals surface area (Å²) in [5.74, 6) is -0.504. The van der Waals surface area contributed by atoms with E-state index in [1.807, 2.05) is 0 Å². The molecule has 0 unspecified atom stereocenters. The van der Waals surface area contributed by atoms with Gasteiger partial charge < -0.3 is 5.32 Å². The quantitative estimate of drug-likeness (QED) is 0.457. The number of hydrogen-bond donors (Lipinski definition) is 2. The van der Waals surface area contributed by atoms with Crippen molar-refractivity contribution < 1.29 is 26.0 Å². The van der Waals surface area contributed by atoms with Gasteiger partial charge in [0.25, 0.3) is 4.38 Å². The second kappa shape index (κ2) is 6.18. The first-order chi connectivity index (χ1) is 9.50. The number of halogens is 1. The zero-order valence-corrected chi connectivity index (χ0v) is 12.6. The number of hydrazone groups is 1. The van der Waals surface area contributed by atoms with E-state index in [0.717, 1.165) is 12.1 Å². The molecule has 8 nitrogen and oxygen atoms in total. The van der Waals surface area contributed by atoms with E-state index in [1.165, 1.54) is 12.1 Å². The normalized spacial score (nSPS) is 11.6. The molecule has 21 heavy (non-hydrogen) atoms.